The van der Waals surface area contributed by atoms with Crippen molar-refractivity contribution in [3.8, 4) is 0 Å². The predicted octanol–water partition coefficient (Wildman–Crippen LogP) is 9.39. The Bertz CT molecular complexity index is 900. The Morgan fingerprint density at radius 3 is 1.61 bits per heavy atom. The molecule has 0 aliphatic rings. The molecule has 0 radical (unpaired) electrons. The van der Waals surface area contributed by atoms with Gasteiger partial charge in [0.05, 0.1) is 6.61 Å². The van der Waals surface area contributed by atoms with Gasteiger partial charge in [0, 0.05) is 12.8 Å². The van der Waals surface area contributed by atoms with Gasteiger partial charge in [-0.25, -0.2) is 4.57 Å². The Kier molecular flexibility index (Phi) is 29.2. The molecule has 0 saturated heterocycles. The molecule has 0 aliphatic carbocycles. The number of unbranched alkanes of at least 4 members (excludes halogenated alkanes) is 9. The minimum absolute atomic E-state index is 0.187. The van der Waals surface area contributed by atoms with Gasteiger partial charge in [0.25, 0.3) is 0 Å². The summed E-state index contributed by atoms with van der Waals surface area (Å²) in [6, 6.07) is 0. The average molecular weight is 639 g/mol. The van der Waals surface area contributed by atoms with Crippen LogP contribution in [0.4, 0.5) is 0 Å². The highest BCUT2D eigenvalue weighted by Gasteiger charge is 2.22. The maximum atomic E-state index is 12.2. The number of carbonyl (C=O) groups excluding carboxylic acids is 2. The molecule has 0 aliphatic heterocycles. The lowest BCUT2D eigenvalue weighted by Crippen LogP contribution is -2.29. The molecule has 252 valence electrons. The van der Waals surface area contributed by atoms with E-state index in [9.17, 15) is 14.2 Å². The molecule has 0 spiro atoms. The van der Waals surface area contributed by atoms with Gasteiger partial charge in [0.15, 0.2) is 6.10 Å². The van der Waals surface area contributed by atoms with Crippen LogP contribution in [0.25, 0.3) is 0 Å². The maximum absolute atomic E-state index is 12.2. The molecule has 0 heterocycles. The van der Waals surface area contributed by atoms with Crippen LogP contribution >= 0.6 is 7.82 Å². The molecule has 0 aromatic carbocycles. The number of ether oxygens (including phenoxy) is 2. The van der Waals surface area contributed by atoms with Crippen molar-refractivity contribution in [2.45, 2.75) is 136 Å². The summed E-state index contributed by atoms with van der Waals surface area (Å²) >= 11 is 0. The lowest BCUT2D eigenvalue weighted by atomic mass is 10.1. The highest BCUT2D eigenvalue weighted by Crippen LogP contribution is 2.35. The number of rotatable bonds is 29. The number of allylic oxidation sites excluding steroid dienone is 10. The van der Waals surface area contributed by atoms with E-state index in [4.69, 9.17) is 19.3 Å². The van der Waals surface area contributed by atoms with Gasteiger partial charge in [0.2, 0.25) is 0 Å². The molecule has 0 aromatic rings. The summed E-state index contributed by atoms with van der Waals surface area (Å²) in [5, 5.41) is 0. The highest BCUT2D eigenvalue weighted by atomic mass is 31.2. The summed E-state index contributed by atoms with van der Waals surface area (Å²) in [4.78, 5) is 42.4. The SMILES string of the molecule is CC/C=C/C/C=C/C/C=C/C/C=C/C/C=C/CCCC(=O)OC[C@H](COP(=O)(O)O)OC(=O)CCCCCCCCCCC. The van der Waals surface area contributed by atoms with Gasteiger partial charge < -0.3 is 19.3 Å². The zero-order chi connectivity index (χ0) is 32.6. The van der Waals surface area contributed by atoms with E-state index in [-0.39, 0.29) is 19.4 Å². The van der Waals surface area contributed by atoms with Crippen molar-refractivity contribution in [3.63, 3.8) is 0 Å². The van der Waals surface area contributed by atoms with Gasteiger partial charge in [-0.15, -0.1) is 0 Å². The van der Waals surface area contributed by atoms with Crippen molar-refractivity contribution >= 4 is 19.8 Å². The van der Waals surface area contributed by atoms with Gasteiger partial charge in [-0.3, -0.25) is 14.1 Å². The van der Waals surface area contributed by atoms with E-state index >= 15 is 0 Å². The first-order valence-electron chi connectivity index (χ1n) is 16.6. The molecular formula is C35H59O8P. The van der Waals surface area contributed by atoms with Crippen LogP contribution in [0.15, 0.2) is 60.8 Å². The summed E-state index contributed by atoms with van der Waals surface area (Å²) in [7, 11) is -4.75. The molecule has 9 heteroatoms. The summed E-state index contributed by atoms with van der Waals surface area (Å²) in [5.74, 6) is -0.963. The Hall–Kier alpha value is -2.25. The summed E-state index contributed by atoms with van der Waals surface area (Å²) < 4.78 is 26.1. The summed E-state index contributed by atoms with van der Waals surface area (Å²) in [5.41, 5.74) is 0. The Morgan fingerprint density at radius 1 is 0.614 bits per heavy atom. The topological polar surface area (TPSA) is 119 Å². The largest absolute Gasteiger partial charge is 0.469 e. The Labute approximate surface area is 267 Å². The zero-order valence-corrected chi connectivity index (χ0v) is 28.2. The highest BCUT2D eigenvalue weighted by molar-refractivity contribution is 7.46. The molecule has 0 bridgehead atoms. The van der Waals surface area contributed by atoms with Crippen LogP contribution in [0.3, 0.4) is 0 Å². The molecule has 0 unspecified atom stereocenters. The molecule has 2 N–H and O–H groups in total. The first-order chi connectivity index (χ1) is 21.3. The standard InChI is InChI=1S/C35H59O8P/c1-3-5-7-9-11-13-14-15-16-17-18-19-20-22-23-25-27-29-34(36)41-31-33(32-42-44(38,39)40)43-35(37)30-28-26-24-21-12-10-8-6-4-2/h5,7,11,13,15-16,18-19,22-23,33H,3-4,6,8-10,12,14,17,20-21,24-32H2,1-2H3,(H2,38,39,40)/b7-5+,13-11+,16-15+,19-18+,23-22+/t33-/m1/s1. The average Bonchev–Trinajstić information content (AvgIpc) is 2.98. The van der Waals surface area contributed by atoms with Crippen LogP contribution in [0.5, 0.6) is 0 Å². The Morgan fingerprint density at radius 2 is 1.09 bits per heavy atom. The third-order valence-corrected chi connectivity index (χ3v) is 7.04. The van der Waals surface area contributed by atoms with E-state index in [0.717, 1.165) is 57.8 Å². The summed E-state index contributed by atoms with van der Waals surface area (Å²) in [6.07, 6.45) is 36.7. The van der Waals surface area contributed by atoms with E-state index in [1.54, 1.807) is 0 Å². The molecule has 0 rings (SSSR count). The second kappa shape index (κ2) is 30.8. The van der Waals surface area contributed by atoms with E-state index in [0.29, 0.717) is 12.8 Å². The lowest BCUT2D eigenvalue weighted by molar-refractivity contribution is -0.161. The van der Waals surface area contributed by atoms with Crippen LogP contribution in [0.1, 0.15) is 129 Å². The van der Waals surface area contributed by atoms with Gasteiger partial charge in [0.1, 0.15) is 6.61 Å². The van der Waals surface area contributed by atoms with Crippen molar-refractivity contribution in [2.24, 2.45) is 0 Å². The van der Waals surface area contributed by atoms with Crippen LogP contribution in [0.2, 0.25) is 0 Å². The first kappa shape index (κ1) is 41.8. The van der Waals surface area contributed by atoms with Crippen molar-refractivity contribution in [3.05, 3.63) is 60.8 Å². The number of hydrogen-bond donors (Lipinski definition) is 2. The number of esters is 2. The van der Waals surface area contributed by atoms with Gasteiger partial charge >= 0.3 is 19.8 Å². The zero-order valence-electron chi connectivity index (χ0n) is 27.3. The fourth-order valence-corrected chi connectivity index (χ4v) is 4.47. The second-order valence-corrected chi connectivity index (χ2v) is 12.0. The second-order valence-electron chi connectivity index (χ2n) is 10.8. The fourth-order valence-electron chi connectivity index (χ4n) is 4.11. The van der Waals surface area contributed by atoms with Crippen molar-refractivity contribution in [2.75, 3.05) is 13.2 Å². The molecule has 0 fully saturated rings. The minimum atomic E-state index is -4.75. The third kappa shape index (κ3) is 32.7. The first-order valence-corrected chi connectivity index (χ1v) is 18.1. The molecule has 8 nitrogen and oxygen atoms in total. The third-order valence-electron chi connectivity index (χ3n) is 6.55. The predicted molar refractivity (Wildman–Crippen MR) is 179 cm³/mol. The molecule has 1 atom stereocenters. The number of hydrogen-bond acceptors (Lipinski definition) is 6. The quantitative estimate of drug-likeness (QED) is 0.0360. The Balaban J connectivity index is 4.13. The molecule has 44 heavy (non-hydrogen) atoms. The van der Waals surface area contributed by atoms with Crippen LogP contribution < -0.4 is 0 Å². The molecule has 0 aromatic heterocycles. The number of phosphoric ester groups is 1. The minimum Gasteiger partial charge on any atom is -0.462 e. The van der Waals surface area contributed by atoms with Crippen molar-refractivity contribution < 1.29 is 37.9 Å². The van der Waals surface area contributed by atoms with Gasteiger partial charge in [-0.1, -0.05) is 126 Å². The van der Waals surface area contributed by atoms with Gasteiger partial charge in [-0.2, -0.15) is 0 Å². The summed E-state index contributed by atoms with van der Waals surface area (Å²) in [6.45, 7) is 3.46. The fraction of sp³-hybridized carbons (Fsp3) is 0.657. The van der Waals surface area contributed by atoms with Crippen LogP contribution in [-0.4, -0.2) is 41.0 Å². The van der Waals surface area contributed by atoms with Gasteiger partial charge in [-0.05, 0) is 51.4 Å². The molecule has 0 amide bonds. The van der Waals surface area contributed by atoms with E-state index < -0.39 is 32.5 Å². The molecular weight excluding hydrogens is 579 g/mol. The van der Waals surface area contributed by atoms with Crippen LogP contribution in [0, 0.1) is 0 Å². The van der Waals surface area contributed by atoms with Crippen LogP contribution in [-0.2, 0) is 28.2 Å². The monoisotopic (exact) mass is 638 g/mol. The van der Waals surface area contributed by atoms with E-state index in [1.807, 2.05) is 6.08 Å². The normalized spacial score (nSPS) is 13.3. The number of phosphoric acid groups is 1. The van der Waals surface area contributed by atoms with E-state index in [2.05, 4.69) is 73.1 Å². The maximum Gasteiger partial charge on any atom is 0.469 e. The number of carbonyl (C=O) groups is 2. The van der Waals surface area contributed by atoms with Crippen molar-refractivity contribution in [1.82, 2.24) is 0 Å². The van der Waals surface area contributed by atoms with Crippen molar-refractivity contribution in [1.29, 1.82) is 0 Å². The molecule has 0 saturated carbocycles. The smallest absolute Gasteiger partial charge is 0.462 e. The lowest BCUT2D eigenvalue weighted by Gasteiger charge is -2.18. The van der Waals surface area contributed by atoms with E-state index in [1.165, 1.54) is 32.1 Å².